The van der Waals surface area contributed by atoms with E-state index in [2.05, 4.69) is 56.1 Å². The van der Waals surface area contributed by atoms with Crippen molar-refractivity contribution in [3.8, 4) is 5.75 Å². The number of nitrogens with zero attached hydrogens (tertiary/aromatic N) is 1. The number of benzene rings is 2. The van der Waals surface area contributed by atoms with Gasteiger partial charge in [-0.15, -0.1) is 0 Å². The predicted molar refractivity (Wildman–Crippen MR) is 93.5 cm³/mol. The summed E-state index contributed by atoms with van der Waals surface area (Å²) in [7, 11) is 2.14. The summed E-state index contributed by atoms with van der Waals surface area (Å²) in [6, 6.07) is 14.5. The molecule has 114 valence electrons. The monoisotopic (exact) mass is 293 g/mol. The standard InChI is InChI=1S/C20H23NO/c1-14-9-11-18(22)15(13-14)10-12-19-20(2,3)16-7-5-6-8-17(16)21(19)4/h5-13,19,22H,1-4H3. The lowest BCUT2D eigenvalue weighted by molar-refractivity contribution is 0.473. The van der Waals surface area contributed by atoms with Gasteiger partial charge in [-0.1, -0.05) is 55.8 Å². The quantitative estimate of drug-likeness (QED) is 0.880. The maximum atomic E-state index is 10.0. The molecule has 1 N–H and O–H groups in total. The number of para-hydroxylation sites is 1. The minimum absolute atomic E-state index is 0.0429. The van der Waals surface area contributed by atoms with E-state index in [0.29, 0.717) is 5.75 Å². The molecule has 1 atom stereocenters. The van der Waals surface area contributed by atoms with Gasteiger partial charge in [-0.3, -0.25) is 0 Å². The zero-order chi connectivity index (χ0) is 15.9. The molecule has 0 radical (unpaired) electrons. The molecule has 0 saturated carbocycles. The SMILES string of the molecule is Cc1ccc(O)c(C=CC2N(C)c3ccccc3C2(C)C)c1. The van der Waals surface area contributed by atoms with Crippen LogP contribution in [0, 0.1) is 6.92 Å². The van der Waals surface area contributed by atoms with Crippen molar-refractivity contribution in [2.45, 2.75) is 32.2 Å². The molecule has 0 bridgehead atoms. The van der Waals surface area contributed by atoms with Crippen molar-refractivity contribution in [3.63, 3.8) is 0 Å². The van der Waals surface area contributed by atoms with E-state index in [1.807, 2.05) is 25.1 Å². The first kappa shape index (κ1) is 14.7. The summed E-state index contributed by atoms with van der Waals surface area (Å²) in [5.41, 5.74) is 4.73. The minimum atomic E-state index is 0.0429. The van der Waals surface area contributed by atoms with Gasteiger partial charge in [0.25, 0.3) is 0 Å². The fourth-order valence-electron chi connectivity index (χ4n) is 3.49. The Kier molecular flexibility index (Phi) is 3.48. The second-order valence-corrected chi connectivity index (χ2v) is 6.72. The van der Waals surface area contributed by atoms with Crippen LogP contribution in [0.25, 0.3) is 6.08 Å². The number of aryl methyl sites for hydroxylation is 1. The number of likely N-dealkylation sites (N-methyl/N-ethyl adjacent to an activating group) is 1. The molecule has 0 fully saturated rings. The van der Waals surface area contributed by atoms with Crippen LogP contribution in [0.5, 0.6) is 5.75 Å². The lowest BCUT2D eigenvalue weighted by Crippen LogP contribution is -2.37. The maximum absolute atomic E-state index is 10.0. The normalized spacial score (nSPS) is 19.6. The molecule has 3 rings (SSSR count). The number of anilines is 1. The zero-order valence-electron chi connectivity index (χ0n) is 13.7. The van der Waals surface area contributed by atoms with Crippen LogP contribution in [0.3, 0.4) is 0 Å². The van der Waals surface area contributed by atoms with E-state index in [9.17, 15) is 5.11 Å². The summed E-state index contributed by atoms with van der Waals surface area (Å²) in [6.07, 6.45) is 4.24. The van der Waals surface area contributed by atoms with Crippen LogP contribution in [0.4, 0.5) is 5.69 Å². The zero-order valence-corrected chi connectivity index (χ0v) is 13.7. The van der Waals surface area contributed by atoms with Gasteiger partial charge in [0, 0.05) is 23.7 Å². The Labute approximate surface area is 132 Å². The molecule has 1 heterocycles. The molecule has 1 aliphatic heterocycles. The van der Waals surface area contributed by atoms with E-state index < -0.39 is 0 Å². The molecule has 2 aromatic rings. The number of aromatic hydroxyl groups is 1. The van der Waals surface area contributed by atoms with Crippen molar-refractivity contribution in [2.24, 2.45) is 0 Å². The summed E-state index contributed by atoms with van der Waals surface area (Å²) >= 11 is 0. The third kappa shape index (κ3) is 2.29. The van der Waals surface area contributed by atoms with Gasteiger partial charge in [0.1, 0.15) is 5.75 Å². The first-order valence-electron chi connectivity index (χ1n) is 7.71. The number of phenols is 1. The first-order valence-corrected chi connectivity index (χ1v) is 7.71. The van der Waals surface area contributed by atoms with Crippen LogP contribution in [0.2, 0.25) is 0 Å². The van der Waals surface area contributed by atoms with E-state index in [1.165, 1.54) is 11.3 Å². The Morgan fingerprint density at radius 3 is 2.59 bits per heavy atom. The van der Waals surface area contributed by atoms with Gasteiger partial charge in [0.15, 0.2) is 0 Å². The fourth-order valence-corrected chi connectivity index (χ4v) is 3.49. The highest BCUT2D eigenvalue weighted by atomic mass is 16.3. The first-order chi connectivity index (χ1) is 10.4. The molecular formula is C20H23NO. The average Bonchev–Trinajstić information content (AvgIpc) is 2.68. The molecule has 0 aromatic heterocycles. The molecule has 22 heavy (non-hydrogen) atoms. The lowest BCUT2D eigenvalue weighted by atomic mass is 9.80. The van der Waals surface area contributed by atoms with Crippen LogP contribution in [-0.4, -0.2) is 18.2 Å². The van der Waals surface area contributed by atoms with E-state index >= 15 is 0 Å². The average molecular weight is 293 g/mol. The van der Waals surface area contributed by atoms with Crippen molar-refractivity contribution in [1.29, 1.82) is 0 Å². The van der Waals surface area contributed by atoms with Crippen LogP contribution < -0.4 is 4.90 Å². The number of phenolic OH excluding ortho intramolecular Hbond substituents is 1. The molecule has 2 aromatic carbocycles. The van der Waals surface area contributed by atoms with Crippen molar-refractivity contribution >= 4 is 11.8 Å². The van der Waals surface area contributed by atoms with E-state index in [1.54, 1.807) is 6.07 Å². The van der Waals surface area contributed by atoms with Crippen LogP contribution in [-0.2, 0) is 5.41 Å². The van der Waals surface area contributed by atoms with Gasteiger partial charge in [-0.25, -0.2) is 0 Å². The Hall–Kier alpha value is -2.22. The van der Waals surface area contributed by atoms with Crippen LogP contribution >= 0.6 is 0 Å². The summed E-state index contributed by atoms with van der Waals surface area (Å²) in [5.74, 6) is 0.331. The highest BCUT2D eigenvalue weighted by Gasteiger charge is 2.41. The number of hydrogen-bond donors (Lipinski definition) is 1. The van der Waals surface area contributed by atoms with Gasteiger partial charge < -0.3 is 10.0 Å². The van der Waals surface area contributed by atoms with Crippen molar-refractivity contribution in [3.05, 3.63) is 65.2 Å². The van der Waals surface area contributed by atoms with Crippen LogP contribution in [0.15, 0.2) is 48.5 Å². The second-order valence-electron chi connectivity index (χ2n) is 6.72. The van der Waals surface area contributed by atoms with Crippen molar-refractivity contribution in [1.82, 2.24) is 0 Å². The smallest absolute Gasteiger partial charge is 0.122 e. The van der Waals surface area contributed by atoms with E-state index in [-0.39, 0.29) is 11.5 Å². The third-order valence-electron chi connectivity index (χ3n) is 4.78. The molecule has 0 amide bonds. The summed E-state index contributed by atoms with van der Waals surface area (Å²) in [6.45, 7) is 6.60. The van der Waals surface area contributed by atoms with E-state index in [0.717, 1.165) is 11.1 Å². The summed E-state index contributed by atoms with van der Waals surface area (Å²) < 4.78 is 0. The lowest BCUT2D eigenvalue weighted by Gasteiger charge is -2.29. The molecular weight excluding hydrogens is 270 g/mol. The van der Waals surface area contributed by atoms with Gasteiger partial charge >= 0.3 is 0 Å². The Bertz CT molecular complexity index is 730. The molecule has 0 aliphatic carbocycles. The molecule has 0 saturated heterocycles. The Balaban J connectivity index is 1.96. The molecule has 1 unspecified atom stereocenters. The minimum Gasteiger partial charge on any atom is -0.507 e. The summed E-state index contributed by atoms with van der Waals surface area (Å²) in [4.78, 5) is 2.32. The summed E-state index contributed by atoms with van der Waals surface area (Å²) in [5, 5.41) is 10.0. The van der Waals surface area contributed by atoms with Gasteiger partial charge in [0.05, 0.1) is 6.04 Å². The number of rotatable bonds is 2. The number of fused-ring (bicyclic) bond motifs is 1. The fraction of sp³-hybridized carbons (Fsp3) is 0.300. The molecule has 2 nitrogen and oxygen atoms in total. The predicted octanol–water partition coefficient (Wildman–Crippen LogP) is 4.51. The van der Waals surface area contributed by atoms with Gasteiger partial charge in [0.2, 0.25) is 0 Å². The van der Waals surface area contributed by atoms with Crippen molar-refractivity contribution in [2.75, 3.05) is 11.9 Å². The molecule has 0 spiro atoms. The van der Waals surface area contributed by atoms with Crippen LogP contribution in [0.1, 0.15) is 30.5 Å². The molecule has 2 heteroatoms. The Morgan fingerprint density at radius 2 is 1.86 bits per heavy atom. The van der Waals surface area contributed by atoms with Crippen molar-refractivity contribution < 1.29 is 5.11 Å². The van der Waals surface area contributed by atoms with Gasteiger partial charge in [-0.2, -0.15) is 0 Å². The topological polar surface area (TPSA) is 23.5 Å². The largest absolute Gasteiger partial charge is 0.507 e. The third-order valence-corrected chi connectivity index (χ3v) is 4.78. The number of hydrogen-bond acceptors (Lipinski definition) is 2. The highest BCUT2D eigenvalue weighted by Crippen LogP contribution is 2.44. The Morgan fingerprint density at radius 1 is 1.14 bits per heavy atom. The molecule has 1 aliphatic rings. The second kappa shape index (κ2) is 5.20. The maximum Gasteiger partial charge on any atom is 0.122 e. The van der Waals surface area contributed by atoms with Gasteiger partial charge in [-0.05, 0) is 30.7 Å². The highest BCUT2D eigenvalue weighted by molar-refractivity contribution is 5.67. The van der Waals surface area contributed by atoms with E-state index in [4.69, 9.17) is 0 Å².